The minimum absolute atomic E-state index is 0.0700. The monoisotopic (exact) mass is 413 g/mol. The molecule has 1 aromatic heterocycles. The Morgan fingerprint density at radius 1 is 1.14 bits per heavy atom. The number of nitrogens with one attached hydrogen (secondary N) is 1. The molecule has 29 heavy (non-hydrogen) atoms. The molecular weight excluding hydrogens is 382 g/mol. The van der Waals surface area contributed by atoms with Gasteiger partial charge in [-0.05, 0) is 37.4 Å². The number of hydrogen-bond donors (Lipinski definition) is 1. The predicted molar refractivity (Wildman–Crippen MR) is 120 cm³/mol. The van der Waals surface area contributed by atoms with Crippen LogP contribution in [0.15, 0.2) is 36.4 Å². The van der Waals surface area contributed by atoms with Crippen LogP contribution >= 0.6 is 11.3 Å². The molecule has 2 aliphatic heterocycles. The van der Waals surface area contributed by atoms with Gasteiger partial charge in [0.15, 0.2) is 0 Å². The molecule has 0 saturated carbocycles. The van der Waals surface area contributed by atoms with Crippen molar-refractivity contribution in [3.63, 3.8) is 0 Å². The van der Waals surface area contributed by atoms with Crippen LogP contribution in [0.5, 0.6) is 0 Å². The molecular formula is C23H31N3O2S. The van der Waals surface area contributed by atoms with Gasteiger partial charge in [-0.1, -0.05) is 37.3 Å². The number of hydrogen-bond acceptors (Lipinski definition) is 5. The molecule has 2 aromatic rings. The summed E-state index contributed by atoms with van der Waals surface area (Å²) < 4.78 is 5.53. The van der Waals surface area contributed by atoms with Crippen LogP contribution in [0.25, 0.3) is 11.1 Å². The maximum Gasteiger partial charge on any atom is 0.261 e. The summed E-state index contributed by atoms with van der Waals surface area (Å²) in [7, 11) is 0. The van der Waals surface area contributed by atoms with E-state index in [4.69, 9.17) is 4.74 Å². The summed E-state index contributed by atoms with van der Waals surface area (Å²) >= 11 is 1.61. The first-order chi connectivity index (χ1) is 14.2. The van der Waals surface area contributed by atoms with Gasteiger partial charge in [0.1, 0.15) is 0 Å². The summed E-state index contributed by atoms with van der Waals surface area (Å²) in [6.07, 6.45) is 3.27. The maximum atomic E-state index is 13.0. The third kappa shape index (κ3) is 5.00. The molecule has 6 heteroatoms. The van der Waals surface area contributed by atoms with E-state index in [9.17, 15) is 4.79 Å². The first kappa shape index (κ1) is 20.4. The van der Waals surface area contributed by atoms with E-state index in [0.29, 0.717) is 0 Å². The fourth-order valence-corrected chi connectivity index (χ4v) is 5.33. The Kier molecular flexibility index (Phi) is 6.85. The smallest absolute Gasteiger partial charge is 0.261 e. The fraction of sp³-hybridized carbons (Fsp3) is 0.522. The number of likely N-dealkylation sites (tertiary alicyclic amines) is 1. The molecule has 1 N–H and O–H groups in total. The summed E-state index contributed by atoms with van der Waals surface area (Å²) in [4.78, 5) is 18.7. The van der Waals surface area contributed by atoms with E-state index in [0.717, 1.165) is 74.8 Å². The summed E-state index contributed by atoms with van der Waals surface area (Å²) in [5, 5.41) is 4.48. The molecule has 2 saturated heterocycles. The van der Waals surface area contributed by atoms with Gasteiger partial charge in [0.2, 0.25) is 0 Å². The van der Waals surface area contributed by atoms with Crippen molar-refractivity contribution >= 4 is 22.2 Å². The number of benzene rings is 1. The Labute approximate surface area is 177 Å². The zero-order valence-electron chi connectivity index (χ0n) is 17.2. The number of thiophene rings is 1. The quantitative estimate of drug-likeness (QED) is 0.781. The van der Waals surface area contributed by atoms with Crippen LogP contribution in [0.1, 0.15) is 35.9 Å². The van der Waals surface area contributed by atoms with Crippen LogP contribution in [-0.4, -0.2) is 62.8 Å². The Hall–Kier alpha value is -1.89. The molecule has 0 aliphatic carbocycles. The van der Waals surface area contributed by atoms with E-state index in [1.807, 2.05) is 6.07 Å². The second-order valence-electron chi connectivity index (χ2n) is 7.88. The number of anilines is 1. The number of nitrogens with zero attached hydrogens (tertiary/aromatic N) is 2. The predicted octanol–water partition coefficient (Wildman–Crippen LogP) is 3.86. The minimum atomic E-state index is 0.0700. The van der Waals surface area contributed by atoms with Crippen molar-refractivity contribution in [3.8, 4) is 11.1 Å². The number of ether oxygens (including phenoxy) is 1. The van der Waals surface area contributed by atoms with Crippen molar-refractivity contribution in [3.05, 3.63) is 41.3 Å². The Bertz CT molecular complexity index is 794. The highest BCUT2D eigenvalue weighted by atomic mass is 32.1. The number of piperidine rings is 1. The van der Waals surface area contributed by atoms with E-state index in [2.05, 4.69) is 52.4 Å². The van der Waals surface area contributed by atoms with Crippen molar-refractivity contribution in [2.75, 3.05) is 50.8 Å². The van der Waals surface area contributed by atoms with E-state index in [1.165, 1.54) is 11.4 Å². The van der Waals surface area contributed by atoms with Crippen LogP contribution in [-0.2, 0) is 4.74 Å². The number of morpholine rings is 1. The summed E-state index contributed by atoms with van der Waals surface area (Å²) in [6.45, 7) is 8.77. The molecule has 2 aliphatic rings. The Balaban J connectivity index is 1.50. The van der Waals surface area contributed by atoms with Gasteiger partial charge in [-0.15, -0.1) is 11.3 Å². The molecule has 1 amide bonds. The largest absolute Gasteiger partial charge is 0.378 e. The summed E-state index contributed by atoms with van der Waals surface area (Å²) in [6, 6.07) is 12.7. The zero-order valence-corrected chi connectivity index (χ0v) is 18.0. The molecule has 5 nitrogen and oxygen atoms in total. The van der Waals surface area contributed by atoms with Gasteiger partial charge in [0.25, 0.3) is 5.91 Å². The Morgan fingerprint density at radius 3 is 2.55 bits per heavy atom. The second-order valence-corrected chi connectivity index (χ2v) is 8.91. The first-order valence-electron chi connectivity index (χ1n) is 10.8. The molecule has 0 atom stereocenters. The van der Waals surface area contributed by atoms with Gasteiger partial charge in [-0.25, -0.2) is 0 Å². The van der Waals surface area contributed by atoms with Gasteiger partial charge in [-0.2, -0.15) is 0 Å². The van der Waals surface area contributed by atoms with Crippen LogP contribution in [0.4, 0.5) is 5.00 Å². The average Bonchev–Trinajstić information content (AvgIpc) is 3.22. The van der Waals surface area contributed by atoms with Gasteiger partial charge >= 0.3 is 0 Å². The number of carbonyl (C=O) groups is 1. The summed E-state index contributed by atoms with van der Waals surface area (Å²) in [5.41, 5.74) is 2.32. The van der Waals surface area contributed by atoms with Crippen molar-refractivity contribution in [1.29, 1.82) is 0 Å². The first-order valence-corrected chi connectivity index (χ1v) is 11.6. The third-order valence-electron chi connectivity index (χ3n) is 5.78. The highest BCUT2D eigenvalue weighted by molar-refractivity contribution is 7.18. The lowest BCUT2D eigenvalue weighted by molar-refractivity contribution is 0.0915. The topological polar surface area (TPSA) is 44.8 Å². The maximum absolute atomic E-state index is 13.0. The number of rotatable bonds is 6. The molecule has 156 valence electrons. The van der Waals surface area contributed by atoms with Crippen molar-refractivity contribution in [2.45, 2.75) is 32.2 Å². The molecule has 3 heterocycles. The van der Waals surface area contributed by atoms with Gasteiger partial charge in [-0.3, -0.25) is 4.79 Å². The van der Waals surface area contributed by atoms with E-state index in [-0.39, 0.29) is 11.9 Å². The normalized spacial score (nSPS) is 18.7. The van der Waals surface area contributed by atoms with Gasteiger partial charge < -0.3 is 19.9 Å². The van der Waals surface area contributed by atoms with E-state index < -0.39 is 0 Å². The lowest BCUT2D eigenvalue weighted by atomic mass is 10.0. The lowest BCUT2D eigenvalue weighted by Gasteiger charge is -2.32. The van der Waals surface area contributed by atoms with Crippen LogP contribution in [0, 0.1) is 0 Å². The highest BCUT2D eigenvalue weighted by Gasteiger charge is 2.24. The fourth-order valence-electron chi connectivity index (χ4n) is 4.19. The van der Waals surface area contributed by atoms with Crippen LogP contribution in [0.2, 0.25) is 0 Å². The third-order valence-corrected chi connectivity index (χ3v) is 6.98. The van der Waals surface area contributed by atoms with Crippen molar-refractivity contribution in [1.82, 2.24) is 10.2 Å². The molecule has 0 unspecified atom stereocenters. The van der Waals surface area contributed by atoms with E-state index >= 15 is 0 Å². The van der Waals surface area contributed by atoms with Crippen molar-refractivity contribution < 1.29 is 9.53 Å². The van der Waals surface area contributed by atoms with Crippen LogP contribution in [0.3, 0.4) is 0 Å². The molecule has 0 bridgehead atoms. The summed E-state index contributed by atoms with van der Waals surface area (Å²) in [5.74, 6) is 0.0700. The van der Waals surface area contributed by atoms with Crippen molar-refractivity contribution in [2.24, 2.45) is 0 Å². The highest BCUT2D eigenvalue weighted by Crippen LogP contribution is 2.39. The molecule has 0 radical (unpaired) electrons. The molecule has 0 spiro atoms. The molecule has 4 rings (SSSR count). The number of carbonyl (C=O) groups excluding carboxylic acids is 1. The van der Waals surface area contributed by atoms with Gasteiger partial charge in [0, 0.05) is 37.8 Å². The molecule has 1 aromatic carbocycles. The standard InChI is InChI=1S/C23H31N3O2S/c1-2-10-25-11-8-19(9-12-25)24-22(27)21-17-20(18-6-4-3-5-7-18)23(29-21)26-13-15-28-16-14-26/h3-7,17,19H,2,8-16H2,1H3,(H,24,27). The second kappa shape index (κ2) is 9.74. The average molecular weight is 414 g/mol. The zero-order chi connectivity index (χ0) is 20.1. The van der Waals surface area contributed by atoms with Gasteiger partial charge in [0.05, 0.1) is 23.1 Å². The lowest BCUT2D eigenvalue weighted by Crippen LogP contribution is -2.44. The Morgan fingerprint density at radius 2 is 1.86 bits per heavy atom. The molecule has 2 fully saturated rings. The number of amides is 1. The minimum Gasteiger partial charge on any atom is -0.378 e. The SMILES string of the molecule is CCCN1CCC(NC(=O)c2cc(-c3ccccc3)c(N3CCOCC3)s2)CC1. The van der Waals surface area contributed by atoms with Crippen LogP contribution < -0.4 is 10.2 Å². The van der Waals surface area contributed by atoms with E-state index in [1.54, 1.807) is 11.3 Å².